The Morgan fingerprint density at radius 2 is 1.95 bits per heavy atom. The summed E-state index contributed by atoms with van der Waals surface area (Å²) in [4.78, 5) is 21.7. The number of nitrogens with one attached hydrogen (secondary N) is 1. The fraction of sp³-hybridized carbons (Fsp3) is 0.615. The molecule has 0 spiro atoms. The normalized spacial score (nSPS) is 22.3. The lowest BCUT2D eigenvalue weighted by Crippen LogP contribution is -2.28. The zero-order chi connectivity index (χ0) is 16.3. The third-order valence-electron chi connectivity index (χ3n) is 3.84. The molecule has 1 saturated carbocycles. The van der Waals surface area contributed by atoms with E-state index in [-0.39, 0.29) is 24.0 Å². The molecule has 0 aliphatic heterocycles. The van der Waals surface area contributed by atoms with Gasteiger partial charge in [-0.15, -0.1) is 0 Å². The third kappa shape index (κ3) is 3.77. The van der Waals surface area contributed by atoms with E-state index in [1.165, 1.54) is 6.20 Å². The van der Waals surface area contributed by atoms with Crippen LogP contribution >= 0.6 is 0 Å². The van der Waals surface area contributed by atoms with Gasteiger partial charge in [0.15, 0.2) is 0 Å². The van der Waals surface area contributed by atoms with Crippen molar-refractivity contribution in [3.8, 4) is 0 Å². The first kappa shape index (κ1) is 16.3. The SMILES string of the molecule is O=C(O)c1cn[nH]c1C1CCC(COC(=O)C(F)(F)F)CC1. The maximum atomic E-state index is 12.0. The molecule has 0 bridgehead atoms. The standard InChI is InChI=1S/C13H15F3N2O4/c14-13(15,16)12(21)22-6-7-1-3-8(4-2-7)10-9(11(19)20)5-17-18-10/h5,7-8H,1-4,6H2,(H,17,18)(H,19,20). The quantitative estimate of drug-likeness (QED) is 0.832. The summed E-state index contributed by atoms with van der Waals surface area (Å²) in [7, 11) is 0. The maximum absolute atomic E-state index is 12.0. The van der Waals surface area contributed by atoms with Gasteiger partial charge in [0.1, 0.15) is 5.56 Å². The molecule has 22 heavy (non-hydrogen) atoms. The van der Waals surface area contributed by atoms with Crippen molar-refractivity contribution < 1.29 is 32.6 Å². The molecule has 9 heteroatoms. The van der Waals surface area contributed by atoms with E-state index >= 15 is 0 Å². The van der Waals surface area contributed by atoms with E-state index in [2.05, 4.69) is 14.9 Å². The van der Waals surface area contributed by atoms with Gasteiger partial charge in [0.05, 0.1) is 18.5 Å². The highest BCUT2D eigenvalue weighted by atomic mass is 19.4. The van der Waals surface area contributed by atoms with E-state index in [1.807, 2.05) is 0 Å². The number of rotatable bonds is 4. The number of aromatic carboxylic acids is 1. The first-order valence-corrected chi connectivity index (χ1v) is 6.79. The number of nitrogens with zero attached hydrogens (tertiary/aromatic N) is 1. The van der Waals surface area contributed by atoms with Gasteiger partial charge in [-0.05, 0) is 31.6 Å². The molecule has 6 nitrogen and oxygen atoms in total. The fourth-order valence-electron chi connectivity index (χ4n) is 2.67. The molecule has 0 radical (unpaired) electrons. The Hall–Kier alpha value is -2.06. The predicted octanol–water partition coefficient (Wildman–Crippen LogP) is 2.49. The maximum Gasteiger partial charge on any atom is 0.490 e. The molecule has 2 rings (SSSR count). The molecule has 2 N–H and O–H groups in total. The lowest BCUT2D eigenvalue weighted by molar-refractivity contribution is -0.201. The number of hydrogen-bond acceptors (Lipinski definition) is 4. The number of halogens is 3. The molecule has 1 aliphatic carbocycles. The molecule has 1 fully saturated rings. The van der Waals surface area contributed by atoms with E-state index < -0.39 is 18.1 Å². The van der Waals surface area contributed by atoms with Gasteiger partial charge in [0, 0.05) is 5.92 Å². The molecule has 0 atom stereocenters. The highest BCUT2D eigenvalue weighted by Gasteiger charge is 2.41. The first-order chi connectivity index (χ1) is 10.3. The summed E-state index contributed by atoms with van der Waals surface area (Å²) < 4.78 is 40.3. The summed E-state index contributed by atoms with van der Waals surface area (Å²) in [6, 6.07) is 0. The summed E-state index contributed by atoms with van der Waals surface area (Å²) in [5.74, 6) is -3.40. The van der Waals surface area contributed by atoms with Crippen LogP contribution in [0.2, 0.25) is 0 Å². The molecule has 0 aromatic carbocycles. The summed E-state index contributed by atoms with van der Waals surface area (Å²) in [6.45, 7) is -0.264. The third-order valence-corrected chi connectivity index (χ3v) is 3.84. The number of alkyl halides is 3. The number of aromatic amines is 1. The van der Waals surface area contributed by atoms with Crippen molar-refractivity contribution in [2.75, 3.05) is 6.61 Å². The fourth-order valence-corrected chi connectivity index (χ4v) is 2.67. The van der Waals surface area contributed by atoms with Crippen molar-refractivity contribution in [1.82, 2.24) is 10.2 Å². The lowest BCUT2D eigenvalue weighted by Gasteiger charge is -2.27. The molecule has 122 valence electrons. The molecule has 1 aromatic rings. The molecule has 0 unspecified atom stereocenters. The molecule has 0 saturated heterocycles. The van der Waals surface area contributed by atoms with Crippen molar-refractivity contribution in [2.45, 2.75) is 37.8 Å². The van der Waals surface area contributed by atoms with Gasteiger partial charge >= 0.3 is 18.1 Å². The molecular weight excluding hydrogens is 305 g/mol. The second-order valence-corrected chi connectivity index (χ2v) is 5.32. The average molecular weight is 320 g/mol. The van der Waals surface area contributed by atoms with Crippen LogP contribution < -0.4 is 0 Å². The van der Waals surface area contributed by atoms with Gasteiger partial charge in [0.2, 0.25) is 0 Å². The van der Waals surface area contributed by atoms with Crippen LogP contribution in [0.5, 0.6) is 0 Å². The Morgan fingerprint density at radius 1 is 1.32 bits per heavy atom. The minimum atomic E-state index is -4.97. The number of carbonyl (C=O) groups is 2. The number of carboxylic acids is 1. The minimum Gasteiger partial charge on any atom is -0.478 e. The van der Waals surface area contributed by atoms with E-state index in [0.29, 0.717) is 31.4 Å². The molecule has 1 heterocycles. The number of aromatic nitrogens is 2. The van der Waals surface area contributed by atoms with Gasteiger partial charge in [-0.1, -0.05) is 0 Å². The monoisotopic (exact) mass is 320 g/mol. The first-order valence-electron chi connectivity index (χ1n) is 6.79. The average Bonchev–Trinajstić information content (AvgIpc) is 2.93. The van der Waals surface area contributed by atoms with Crippen molar-refractivity contribution in [3.63, 3.8) is 0 Å². The van der Waals surface area contributed by atoms with Crippen molar-refractivity contribution >= 4 is 11.9 Å². The Labute approximate surface area is 123 Å². The summed E-state index contributed by atoms with van der Waals surface area (Å²) in [5, 5.41) is 15.4. The Bertz CT molecular complexity index is 548. The van der Waals surface area contributed by atoms with Crippen LogP contribution in [-0.4, -0.2) is 40.0 Å². The number of ether oxygens (including phenoxy) is 1. The van der Waals surface area contributed by atoms with Crippen LogP contribution in [0.25, 0.3) is 0 Å². The Kier molecular flexibility index (Phi) is 4.72. The highest BCUT2D eigenvalue weighted by Crippen LogP contribution is 2.36. The van der Waals surface area contributed by atoms with Crippen LogP contribution in [0.15, 0.2) is 6.20 Å². The summed E-state index contributed by atoms with van der Waals surface area (Å²) in [5.41, 5.74) is 0.658. The number of carboxylic acid groups (broad SMARTS) is 1. The predicted molar refractivity (Wildman–Crippen MR) is 67.3 cm³/mol. The number of H-pyrrole nitrogens is 1. The zero-order valence-electron chi connectivity index (χ0n) is 11.5. The Morgan fingerprint density at radius 3 is 2.50 bits per heavy atom. The molecule has 1 aromatic heterocycles. The number of carbonyl (C=O) groups excluding carboxylic acids is 1. The van der Waals surface area contributed by atoms with Gasteiger partial charge < -0.3 is 9.84 Å². The van der Waals surface area contributed by atoms with Gasteiger partial charge in [0.25, 0.3) is 0 Å². The molecule has 1 aliphatic rings. The zero-order valence-corrected chi connectivity index (χ0v) is 11.5. The second kappa shape index (κ2) is 6.37. The van der Waals surface area contributed by atoms with Crippen molar-refractivity contribution in [1.29, 1.82) is 0 Å². The van der Waals surface area contributed by atoms with Gasteiger partial charge in [-0.3, -0.25) is 5.10 Å². The lowest BCUT2D eigenvalue weighted by atomic mass is 9.80. The molecule has 0 amide bonds. The van der Waals surface area contributed by atoms with Crippen molar-refractivity contribution in [2.24, 2.45) is 5.92 Å². The van der Waals surface area contributed by atoms with Gasteiger partial charge in [-0.25, -0.2) is 9.59 Å². The van der Waals surface area contributed by atoms with Crippen molar-refractivity contribution in [3.05, 3.63) is 17.5 Å². The highest BCUT2D eigenvalue weighted by molar-refractivity contribution is 5.88. The van der Waals surface area contributed by atoms with Crippen LogP contribution in [0.1, 0.15) is 47.7 Å². The van der Waals surface area contributed by atoms with Crippen LogP contribution in [0.3, 0.4) is 0 Å². The molecular formula is C13H15F3N2O4. The summed E-state index contributed by atoms with van der Waals surface area (Å²) >= 11 is 0. The van der Waals surface area contributed by atoms with Gasteiger partial charge in [-0.2, -0.15) is 18.3 Å². The number of hydrogen-bond donors (Lipinski definition) is 2. The van der Waals surface area contributed by atoms with E-state index in [9.17, 15) is 22.8 Å². The van der Waals surface area contributed by atoms with E-state index in [0.717, 1.165) is 0 Å². The van der Waals surface area contributed by atoms with Crippen LogP contribution in [-0.2, 0) is 9.53 Å². The Balaban J connectivity index is 1.84. The number of esters is 1. The topological polar surface area (TPSA) is 92.3 Å². The minimum absolute atomic E-state index is 0.0248. The summed E-state index contributed by atoms with van der Waals surface area (Å²) in [6.07, 6.45) is -1.38. The van der Waals surface area contributed by atoms with E-state index in [1.54, 1.807) is 0 Å². The van der Waals surface area contributed by atoms with E-state index in [4.69, 9.17) is 5.11 Å². The van der Waals surface area contributed by atoms with Crippen LogP contribution in [0.4, 0.5) is 13.2 Å². The largest absolute Gasteiger partial charge is 0.490 e. The second-order valence-electron chi connectivity index (χ2n) is 5.32. The van der Waals surface area contributed by atoms with Crippen LogP contribution in [0, 0.1) is 5.92 Å². The smallest absolute Gasteiger partial charge is 0.478 e.